The van der Waals surface area contributed by atoms with Crippen LogP contribution in [-0.4, -0.2) is 17.7 Å². The van der Waals surface area contributed by atoms with E-state index in [1.54, 1.807) is 23.2 Å². The van der Waals surface area contributed by atoms with Crippen LogP contribution in [-0.2, 0) is 23.4 Å². The summed E-state index contributed by atoms with van der Waals surface area (Å²) in [5.74, 6) is -3.16. The first-order chi connectivity index (χ1) is 12.0. The Balaban J connectivity index is 1.85. The van der Waals surface area contributed by atoms with Crippen LogP contribution >= 0.6 is 15.9 Å². The molecule has 3 aromatic rings. The van der Waals surface area contributed by atoms with Crippen molar-refractivity contribution in [3.05, 3.63) is 64.3 Å². The Bertz CT molecular complexity index is 1020. The van der Waals surface area contributed by atoms with Crippen molar-refractivity contribution in [2.45, 2.75) is 11.6 Å². The maximum absolute atomic E-state index is 15.8. The van der Waals surface area contributed by atoms with Gasteiger partial charge in [0.2, 0.25) is 5.72 Å². The van der Waals surface area contributed by atoms with E-state index in [0.29, 0.717) is 22.3 Å². The van der Waals surface area contributed by atoms with Gasteiger partial charge in [0, 0.05) is 46.4 Å². The van der Waals surface area contributed by atoms with E-state index < -0.39 is 11.6 Å². The zero-order valence-electron chi connectivity index (χ0n) is 13.5. The van der Waals surface area contributed by atoms with Gasteiger partial charge in [-0.25, -0.2) is 0 Å². The summed E-state index contributed by atoms with van der Waals surface area (Å²) in [4.78, 5) is 1.72. The maximum Gasteiger partial charge on any atom is 0.326 e. The van der Waals surface area contributed by atoms with Gasteiger partial charge in [-0.15, -0.1) is 0 Å². The van der Waals surface area contributed by atoms with Crippen molar-refractivity contribution >= 4 is 32.5 Å². The SMILES string of the molecule is Cn1cc(C23OCCN2c2ccc(Br)cc2C3(F)F)c2ccccc21. The van der Waals surface area contributed by atoms with Crippen LogP contribution < -0.4 is 4.90 Å². The number of halogens is 3. The third-order valence-electron chi connectivity index (χ3n) is 5.28. The number of nitrogens with zero attached hydrogens (tertiary/aromatic N) is 2. The summed E-state index contributed by atoms with van der Waals surface area (Å²) >= 11 is 3.32. The summed E-state index contributed by atoms with van der Waals surface area (Å²) in [5.41, 5.74) is 0.181. The summed E-state index contributed by atoms with van der Waals surface area (Å²) in [6.45, 7) is 0.710. The summed E-state index contributed by atoms with van der Waals surface area (Å²) in [6, 6.07) is 12.7. The minimum atomic E-state index is -3.16. The fourth-order valence-electron chi connectivity index (χ4n) is 4.25. The van der Waals surface area contributed by atoms with Gasteiger partial charge < -0.3 is 14.2 Å². The van der Waals surface area contributed by atoms with Gasteiger partial charge in [0.25, 0.3) is 0 Å². The number of alkyl halides is 2. The fourth-order valence-corrected chi connectivity index (χ4v) is 4.61. The quantitative estimate of drug-likeness (QED) is 0.582. The van der Waals surface area contributed by atoms with Crippen molar-refractivity contribution in [3.63, 3.8) is 0 Å². The average Bonchev–Trinajstić information content (AvgIpc) is 3.22. The molecule has 0 spiro atoms. The second-order valence-corrected chi connectivity index (χ2v) is 7.47. The highest BCUT2D eigenvalue weighted by atomic mass is 79.9. The second kappa shape index (κ2) is 4.83. The lowest BCUT2D eigenvalue weighted by atomic mass is 9.94. The maximum atomic E-state index is 15.8. The first kappa shape index (κ1) is 15.3. The Morgan fingerprint density at radius 1 is 1.12 bits per heavy atom. The first-order valence-corrected chi connectivity index (χ1v) is 8.90. The number of fused-ring (bicyclic) bond motifs is 4. The van der Waals surface area contributed by atoms with Gasteiger partial charge in [0.15, 0.2) is 0 Å². The largest absolute Gasteiger partial charge is 0.350 e. The van der Waals surface area contributed by atoms with Crippen molar-refractivity contribution < 1.29 is 13.5 Å². The predicted octanol–water partition coefficient (Wildman–Crippen LogP) is 4.74. The lowest BCUT2D eigenvalue weighted by molar-refractivity contribution is -0.189. The Morgan fingerprint density at radius 2 is 1.92 bits per heavy atom. The fraction of sp³-hybridized carbons (Fsp3) is 0.263. The molecule has 0 bridgehead atoms. The number of aromatic nitrogens is 1. The molecule has 3 nitrogen and oxygen atoms in total. The molecule has 1 saturated heterocycles. The van der Waals surface area contributed by atoms with Gasteiger partial charge in [-0.05, 0) is 24.3 Å². The number of hydrogen-bond donors (Lipinski definition) is 0. The highest BCUT2D eigenvalue weighted by Crippen LogP contribution is 2.62. The van der Waals surface area contributed by atoms with Crippen molar-refractivity contribution in [2.24, 2.45) is 7.05 Å². The highest BCUT2D eigenvalue weighted by molar-refractivity contribution is 9.10. The molecule has 1 fully saturated rings. The number of ether oxygens (including phenoxy) is 1. The molecule has 0 N–H and O–H groups in total. The third kappa shape index (κ3) is 1.71. The monoisotopic (exact) mass is 404 g/mol. The normalized spacial score (nSPS) is 23.9. The zero-order valence-corrected chi connectivity index (χ0v) is 15.1. The van der Waals surface area contributed by atoms with Gasteiger partial charge in [0.05, 0.1) is 12.2 Å². The molecule has 1 unspecified atom stereocenters. The summed E-state index contributed by atoms with van der Waals surface area (Å²) in [6.07, 6.45) is 1.78. The van der Waals surface area contributed by atoms with E-state index in [2.05, 4.69) is 15.9 Å². The van der Waals surface area contributed by atoms with Crippen LogP contribution in [0.4, 0.5) is 14.5 Å². The lowest BCUT2D eigenvalue weighted by Gasteiger charge is -2.36. The molecule has 5 rings (SSSR count). The Labute approximate surface area is 151 Å². The van der Waals surface area contributed by atoms with Gasteiger partial charge in [0.1, 0.15) is 0 Å². The standard InChI is InChI=1S/C19H15BrF2N2O/c1-23-11-15(13-4-2-3-5-16(13)23)19-18(21,22)14-10-12(20)6-7-17(14)24(19)8-9-25-19/h2-7,10-11H,8-9H2,1H3. The van der Waals surface area contributed by atoms with E-state index in [0.717, 1.165) is 10.9 Å². The van der Waals surface area contributed by atoms with Crippen LogP contribution in [0.3, 0.4) is 0 Å². The van der Waals surface area contributed by atoms with Crippen molar-refractivity contribution in [2.75, 3.05) is 18.1 Å². The van der Waals surface area contributed by atoms with Gasteiger partial charge in [-0.3, -0.25) is 0 Å². The van der Waals surface area contributed by atoms with Crippen LogP contribution in [0.25, 0.3) is 10.9 Å². The van der Waals surface area contributed by atoms with E-state index >= 15 is 8.78 Å². The third-order valence-corrected chi connectivity index (χ3v) is 5.77. The molecular formula is C19H15BrF2N2O. The van der Waals surface area contributed by atoms with Crippen LogP contribution in [0.15, 0.2) is 53.1 Å². The smallest absolute Gasteiger partial charge is 0.326 e. The molecule has 0 amide bonds. The topological polar surface area (TPSA) is 17.4 Å². The van der Waals surface area contributed by atoms with Crippen LogP contribution in [0.1, 0.15) is 11.1 Å². The number of aryl methyl sites for hydroxylation is 1. The molecule has 2 aliphatic rings. The van der Waals surface area contributed by atoms with Crippen molar-refractivity contribution in [1.82, 2.24) is 4.57 Å². The lowest BCUT2D eigenvalue weighted by Crippen LogP contribution is -2.48. The van der Waals surface area contributed by atoms with Gasteiger partial charge in [-0.2, -0.15) is 8.78 Å². The molecule has 25 heavy (non-hydrogen) atoms. The number of hydrogen-bond acceptors (Lipinski definition) is 2. The number of para-hydroxylation sites is 1. The van der Waals surface area contributed by atoms with Crippen molar-refractivity contribution in [1.29, 1.82) is 0 Å². The van der Waals surface area contributed by atoms with E-state index in [1.165, 1.54) is 6.07 Å². The molecule has 6 heteroatoms. The molecular weight excluding hydrogens is 390 g/mol. The van der Waals surface area contributed by atoms with Crippen LogP contribution in [0.2, 0.25) is 0 Å². The summed E-state index contributed by atoms with van der Waals surface area (Å²) in [7, 11) is 1.87. The molecule has 2 aromatic carbocycles. The molecule has 1 atom stereocenters. The van der Waals surface area contributed by atoms with E-state index in [9.17, 15) is 0 Å². The van der Waals surface area contributed by atoms with Crippen molar-refractivity contribution in [3.8, 4) is 0 Å². The predicted molar refractivity (Wildman–Crippen MR) is 95.9 cm³/mol. The Morgan fingerprint density at radius 3 is 2.76 bits per heavy atom. The number of benzene rings is 2. The summed E-state index contributed by atoms with van der Waals surface area (Å²) < 4.78 is 39.9. The van der Waals surface area contributed by atoms with Gasteiger partial charge >= 0.3 is 5.92 Å². The van der Waals surface area contributed by atoms with Crippen LogP contribution in [0, 0.1) is 0 Å². The van der Waals surface area contributed by atoms with Gasteiger partial charge in [-0.1, -0.05) is 34.1 Å². The van der Waals surface area contributed by atoms with E-state index in [4.69, 9.17) is 4.74 Å². The molecule has 0 radical (unpaired) electrons. The number of rotatable bonds is 1. The summed E-state index contributed by atoms with van der Waals surface area (Å²) in [5, 5.41) is 0.795. The van der Waals surface area contributed by atoms with E-state index in [-0.39, 0.29) is 12.2 Å². The minimum Gasteiger partial charge on any atom is -0.350 e. The second-order valence-electron chi connectivity index (χ2n) is 6.55. The van der Waals surface area contributed by atoms with E-state index in [1.807, 2.05) is 35.9 Å². The molecule has 2 aliphatic heterocycles. The van der Waals surface area contributed by atoms with Crippen LogP contribution in [0.5, 0.6) is 0 Å². The highest BCUT2D eigenvalue weighted by Gasteiger charge is 2.69. The molecule has 128 valence electrons. The molecule has 3 heterocycles. The Hall–Kier alpha value is -1.92. The molecule has 0 saturated carbocycles. The first-order valence-electron chi connectivity index (χ1n) is 8.11. The Kier molecular flexibility index (Phi) is 2.96. The average molecular weight is 405 g/mol. The molecule has 0 aliphatic carbocycles. The number of anilines is 1. The zero-order chi connectivity index (χ0) is 17.4. The minimum absolute atomic E-state index is 0.00880. The molecule has 1 aromatic heterocycles.